The molecule has 1 aromatic carbocycles. The number of benzene rings is 1. The fraction of sp³-hybridized carbons (Fsp3) is 0.364. The third-order valence-corrected chi connectivity index (χ3v) is 2.68. The van der Waals surface area contributed by atoms with Gasteiger partial charge in [0.25, 0.3) is 0 Å². The Hall–Kier alpha value is -0.960. The molecule has 76 valence electrons. The predicted octanol–water partition coefficient (Wildman–Crippen LogP) is 2.40. The van der Waals surface area contributed by atoms with Crippen LogP contribution in [-0.2, 0) is 11.2 Å². The number of carbonyl (C=O) groups is 1. The van der Waals surface area contributed by atoms with Crippen LogP contribution in [0.1, 0.15) is 18.9 Å². The maximum absolute atomic E-state index is 11.4. The zero-order valence-electron chi connectivity index (χ0n) is 8.32. The highest BCUT2D eigenvalue weighted by Crippen LogP contribution is 2.01. The van der Waals surface area contributed by atoms with Gasteiger partial charge in [-0.05, 0) is 12.0 Å². The summed E-state index contributed by atoms with van der Waals surface area (Å²) in [7, 11) is 0. The summed E-state index contributed by atoms with van der Waals surface area (Å²) in [4.78, 5) is 11.4. The molecule has 0 fully saturated rings. The summed E-state index contributed by atoms with van der Waals surface area (Å²) >= 11 is 1.48. The lowest BCUT2D eigenvalue weighted by atomic mass is 10.1. The summed E-state index contributed by atoms with van der Waals surface area (Å²) in [5.74, 6) is 1.05. The van der Waals surface area contributed by atoms with E-state index in [0.717, 1.165) is 17.7 Å². The van der Waals surface area contributed by atoms with Gasteiger partial charge in [0.1, 0.15) is 0 Å². The first-order valence-electron chi connectivity index (χ1n) is 4.77. The van der Waals surface area contributed by atoms with Gasteiger partial charge in [0.15, 0.2) is 0 Å². The molecule has 1 N–H and O–H groups in total. The number of hydrogen-bond donors (Lipinski definition) is 1. The minimum atomic E-state index is 0.0784. The summed E-state index contributed by atoms with van der Waals surface area (Å²) in [5.41, 5.74) is 1.06. The summed E-state index contributed by atoms with van der Waals surface area (Å²) in [6.07, 6.45) is 1.55. The second kappa shape index (κ2) is 6.49. The molecule has 1 rings (SSSR count). The van der Waals surface area contributed by atoms with E-state index >= 15 is 0 Å². The molecule has 0 aliphatic carbocycles. The van der Waals surface area contributed by atoms with Crippen LogP contribution in [0, 0.1) is 0 Å². The SMILES string of the molecule is CCCSNC(=O)Cc1ccccc1. The summed E-state index contributed by atoms with van der Waals surface area (Å²) in [5, 5.41) is 0. The Kier molecular flexibility index (Phi) is 5.15. The molecule has 3 heteroatoms. The Balaban J connectivity index is 2.27. The Morgan fingerprint density at radius 2 is 2.07 bits per heavy atom. The van der Waals surface area contributed by atoms with E-state index < -0.39 is 0 Å². The fourth-order valence-electron chi connectivity index (χ4n) is 1.05. The zero-order chi connectivity index (χ0) is 10.2. The topological polar surface area (TPSA) is 29.1 Å². The second-order valence-electron chi connectivity index (χ2n) is 3.04. The average molecular weight is 209 g/mol. The van der Waals surface area contributed by atoms with Crippen molar-refractivity contribution in [1.29, 1.82) is 0 Å². The van der Waals surface area contributed by atoms with Gasteiger partial charge in [-0.25, -0.2) is 0 Å². The van der Waals surface area contributed by atoms with Crippen molar-refractivity contribution in [2.45, 2.75) is 19.8 Å². The Labute approximate surface area is 89.2 Å². The fourth-order valence-corrected chi connectivity index (χ4v) is 1.59. The van der Waals surface area contributed by atoms with Crippen molar-refractivity contribution in [3.63, 3.8) is 0 Å². The van der Waals surface area contributed by atoms with E-state index in [1.165, 1.54) is 11.9 Å². The molecule has 0 bridgehead atoms. The van der Waals surface area contributed by atoms with Crippen molar-refractivity contribution in [2.24, 2.45) is 0 Å². The monoisotopic (exact) mass is 209 g/mol. The lowest BCUT2D eigenvalue weighted by Crippen LogP contribution is -2.18. The molecule has 0 aliphatic heterocycles. The first kappa shape index (κ1) is 11.1. The van der Waals surface area contributed by atoms with Gasteiger partial charge in [0.2, 0.25) is 5.91 Å². The number of amides is 1. The molecule has 0 heterocycles. The highest BCUT2D eigenvalue weighted by molar-refractivity contribution is 7.97. The van der Waals surface area contributed by atoms with E-state index in [9.17, 15) is 4.79 Å². The van der Waals surface area contributed by atoms with E-state index in [1.807, 2.05) is 30.3 Å². The zero-order valence-corrected chi connectivity index (χ0v) is 9.14. The third kappa shape index (κ3) is 4.33. The van der Waals surface area contributed by atoms with Crippen LogP contribution < -0.4 is 4.72 Å². The highest BCUT2D eigenvalue weighted by atomic mass is 32.2. The van der Waals surface area contributed by atoms with E-state index in [4.69, 9.17) is 0 Å². The van der Waals surface area contributed by atoms with Crippen LogP contribution >= 0.6 is 11.9 Å². The number of carbonyl (C=O) groups excluding carboxylic acids is 1. The van der Waals surface area contributed by atoms with Crippen LogP contribution in [0.3, 0.4) is 0 Å². The predicted molar refractivity (Wildman–Crippen MR) is 61.0 cm³/mol. The van der Waals surface area contributed by atoms with Gasteiger partial charge in [-0.3, -0.25) is 9.52 Å². The van der Waals surface area contributed by atoms with Crippen molar-refractivity contribution < 1.29 is 4.79 Å². The van der Waals surface area contributed by atoms with Crippen molar-refractivity contribution in [3.8, 4) is 0 Å². The van der Waals surface area contributed by atoms with Crippen molar-refractivity contribution in [2.75, 3.05) is 5.75 Å². The quantitative estimate of drug-likeness (QED) is 0.596. The van der Waals surface area contributed by atoms with Gasteiger partial charge < -0.3 is 0 Å². The molecular formula is C11H15NOS. The van der Waals surface area contributed by atoms with E-state index in [0.29, 0.717) is 6.42 Å². The maximum atomic E-state index is 11.4. The molecule has 0 aliphatic rings. The van der Waals surface area contributed by atoms with Gasteiger partial charge in [0.05, 0.1) is 6.42 Å². The molecule has 2 nitrogen and oxygen atoms in total. The van der Waals surface area contributed by atoms with Gasteiger partial charge in [-0.1, -0.05) is 49.2 Å². The number of nitrogens with one attached hydrogen (secondary N) is 1. The number of hydrogen-bond acceptors (Lipinski definition) is 2. The van der Waals surface area contributed by atoms with Crippen molar-refractivity contribution in [1.82, 2.24) is 4.72 Å². The number of rotatable bonds is 5. The highest BCUT2D eigenvalue weighted by Gasteiger charge is 2.01. The average Bonchev–Trinajstić information content (AvgIpc) is 2.20. The summed E-state index contributed by atoms with van der Waals surface area (Å²) < 4.78 is 2.81. The molecule has 0 saturated heterocycles. The lowest BCUT2D eigenvalue weighted by Gasteiger charge is -2.02. The van der Waals surface area contributed by atoms with E-state index in [-0.39, 0.29) is 5.91 Å². The smallest absolute Gasteiger partial charge is 0.234 e. The molecule has 1 amide bonds. The second-order valence-corrected chi connectivity index (χ2v) is 3.94. The molecular weight excluding hydrogens is 194 g/mol. The Bertz CT molecular complexity index is 274. The standard InChI is InChI=1S/C11H15NOS/c1-2-8-14-12-11(13)9-10-6-4-3-5-7-10/h3-7H,2,8-9H2,1H3,(H,12,13). The molecule has 0 radical (unpaired) electrons. The van der Waals surface area contributed by atoms with Gasteiger partial charge in [-0.2, -0.15) is 0 Å². The van der Waals surface area contributed by atoms with Crippen LogP contribution in [0.25, 0.3) is 0 Å². The molecule has 0 unspecified atom stereocenters. The Morgan fingerprint density at radius 3 is 2.71 bits per heavy atom. The van der Waals surface area contributed by atoms with Crippen LogP contribution in [-0.4, -0.2) is 11.7 Å². The van der Waals surface area contributed by atoms with Gasteiger partial charge in [0, 0.05) is 5.75 Å². The normalized spacial score (nSPS) is 9.79. The first-order valence-corrected chi connectivity index (χ1v) is 5.76. The van der Waals surface area contributed by atoms with Crippen LogP contribution in [0.2, 0.25) is 0 Å². The summed E-state index contributed by atoms with van der Waals surface area (Å²) in [6.45, 7) is 2.09. The Morgan fingerprint density at radius 1 is 1.36 bits per heavy atom. The molecule has 0 spiro atoms. The van der Waals surface area contributed by atoms with Gasteiger partial charge in [-0.15, -0.1) is 0 Å². The van der Waals surface area contributed by atoms with E-state index in [2.05, 4.69) is 11.6 Å². The molecule has 0 atom stereocenters. The van der Waals surface area contributed by atoms with E-state index in [1.54, 1.807) is 0 Å². The van der Waals surface area contributed by atoms with Crippen LogP contribution in [0.15, 0.2) is 30.3 Å². The minimum Gasteiger partial charge on any atom is -0.300 e. The molecule has 1 aromatic rings. The van der Waals surface area contributed by atoms with Crippen LogP contribution in [0.4, 0.5) is 0 Å². The third-order valence-electron chi connectivity index (χ3n) is 1.70. The van der Waals surface area contributed by atoms with Gasteiger partial charge >= 0.3 is 0 Å². The van der Waals surface area contributed by atoms with Crippen molar-refractivity contribution in [3.05, 3.63) is 35.9 Å². The molecule has 0 saturated carbocycles. The largest absolute Gasteiger partial charge is 0.300 e. The van der Waals surface area contributed by atoms with Crippen LogP contribution in [0.5, 0.6) is 0 Å². The summed E-state index contributed by atoms with van der Waals surface area (Å²) in [6, 6.07) is 9.77. The maximum Gasteiger partial charge on any atom is 0.234 e. The lowest BCUT2D eigenvalue weighted by molar-refractivity contribution is -0.118. The minimum absolute atomic E-state index is 0.0784. The molecule has 0 aromatic heterocycles. The molecule has 14 heavy (non-hydrogen) atoms. The van der Waals surface area contributed by atoms with Crippen molar-refractivity contribution >= 4 is 17.9 Å². The first-order chi connectivity index (χ1) is 6.83.